The molecule has 0 aromatic heterocycles. The second kappa shape index (κ2) is 7.50. The number of likely N-dealkylation sites (N-methyl/N-ethyl adjacent to an activating group) is 1. The molecule has 1 aliphatic rings. The maximum atomic E-state index is 13.6. The SMILES string of the molecule is CC(=O)N1CCN(C(=O)CN(C)Cc2ccc(F)cc2F)CC1. The number of nitrogens with zero attached hydrogens (tertiary/aromatic N) is 3. The molecular weight excluding hydrogens is 304 g/mol. The van der Waals surface area contributed by atoms with Gasteiger partial charge in [0, 0.05) is 51.3 Å². The van der Waals surface area contributed by atoms with Crippen molar-refractivity contribution in [3.05, 3.63) is 35.4 Å². The number of hydrogen-bond donors (Lipinski definition) is 0. The van der Waals surface area contributed by atoms with E-state index in [4.69, 9.17) is 0 Å². The molecule has 23 heavy (non-hydrogen) atoms. The number of piperazine rings is 1. The first kappa shape index (κ1) is 17.3. The van der Waals surface area contributed by atoms with Crippen LogP contribution in [0.1, 0.15) is 12.5 Å². The summed E-state index contributed by atoms with van der Waals surface area (Å²) in [6.45, 7) is 3.99. The molecule has 0 aliphatic carbocycles. The first-order chi connectivity index (χ1) is 10.9. The summed E-state index contributed by atoms with van der Waals surface area (Å²) >= 11 is 0. The Morgan fingerprint density at radius 3 is 2.30 bits per heavy atom. The molecule has 126 valence electrons. The lowest BCUT2D eigenvalue weighted by molar-refractivity contribution is -0.139. The lowest BCUT2D eigenvalue weighted by Gasteiger charge is -2.35. The quantitative estimate of drug-likeness (QED) is 0.832. The Hall–Kier alpha value is -2.02. The molecule has 0 unspecified atom stereocenters. The Balaban J connectivity index is 1.84. The van der Waals surface area contributed by atoms with Crippen LogP contribution < -0.4 is 0 Å². The largest absolute Gasteiger partial charge is 0.339 e. The smallest absolute Gasteiger partial charge is 0.236 e. The summed E-state index contributed by atoms with van der Waals surface area (Å²) in [6, 6.07) is 3.43. The van der Waals surface area contributed by atoms with E-state index in [1.165, 1.54) is 19.1 Å². The molecule has 0 spiro atoms. The minimum absolute atomic E-state index is 0.0148. The van der Waals surface area contributed by atoms with Gasteiger partial charge in [-0.25, -0.2) is 8.78 Å². The molecule has 0 atom stereocenters. The predicted octanol–water partition coefficient (Wildman–Crippen LogP) is 1.09. The minimum Gasteiger partial charge on any atom is -0.339 e. The van der Waals surface area contributed by atoms with Gasteiger partial charge < -0.3 is 9.80 Å². The molecule has 2 amide bonds. The van der Waals surface area contributed by atoms with Gasteiger partial charge in [-0.05, 0) is 13.1 Å². The van der Waals surface area contributed by atoms with Crippen LogP contribution in [0, 0.1) is 11.6 Å². The van der Waals surface area contributed by atoms with Crippen LogP contribution in [0.15, 0.2) is 18.2 Å². The van der Waals surface area contributed by atoms with Crippen LogP contribution in [0.2, 0.25) is 0 Å². The third-order valence-electron chi connectivity index (χ3n) is 3.94. The van der Waals surface area contributed by atoms with Crippen LogP contribution in [0.25, 0.3) is 0 Å². The monoisotopic (exact) mass is 325 g/mol. The van der Waals surface area contributed by atoms with Crippen molar-refractivity contribution in [3.63, 3.8) is 0 Å². The number of halogens is 2. The maximum Gasteiger partial charge on any atom is 0.236 e. The highest BCUT2D eigenvalue weighted by Gasteiger charge is 2.23. The molecule has 7 heteroatoms. The number of carbonyl (C=O) groups is 2. The molecule has 5 nitrogen and oxygen atoms in total. The molecule has 1 aromatic rings. The van der Waals surface area contributed by atoms with E-state index >= 15 is 0 Å². The van der Waals surface area contributed by atoms with Gasteiger partial charge in [-0.3, -0.25) is 14.5 Å². The molecule has 0 saturated carbocycles. The van der Waals surface area contributed by atoms with Gasteiger partial charge in [0.1, 0.15) is 11.6 Å². The van der Waals surface area contributed by atoms with E-state index in [-0.39, 0.29) is 24.9 Å². The zero-order valence-electron chi connectivity index (χ0n) is 13.4. The third-order valence-corrected chi connectivity index (χ3v) is 3.94. The Kier molecular flexibility index (Phi) is 5.65. The van der Waals surface area contributed by atoms with E-state index in [2.05, 4.69) is 0 Å². The summed E-state index contributed by atoms with van der Waals surface area (Å²) in [5.74, 6) is -1.27. The molecule has 2 rings (SSSR count). The van der Waals surface area contributed by atoms with Gasteiger partial charge in [-0.1, -0.05) is 6.07 Å². The van der Waals surface area contributed by atoms with E-state index in [0.717, 1.165) is 6.07 Å². The summed E-state index contributed by atoms with van der Waals surface area (Å²) < 4.78 is 26.5. The Bertz CT molecular complexity index is 587. The molecular formula is C16H21F2N3O2. The number of rotatable bonds is 4. The number of carbonyl (C=O) groups excluding carboxylic acids is 2. The molecule has 1 heterocycles. The third kappa shape index (κ3) is 4.72. The Labute approximate surface area is 134 Å². The second-order valence-electron chi connectivity index (χ2n) is 5.79. The van der Waals surface area contributed by atoms with Crippen molar-refractivity contribution >= 4 is 11.8 Å². The first-order valence-electron chi connectivity index (χ1n) is 7.52. The van der Waals surface area contributed by atoms with E-state index in [1.807, 2.05) is 0 Å². The molecule has 0 bridgehead atoms. The zero-order chi connectivity index (χ0) is 17.0. The van der Waals surface area contributed by atoms with Crippen molar-refractivity contribution in [2.75, 3.05) is 39.8 Å². The summed E-state index contributed by atoms with van der Waals surface area (Å²) in [6.07, 6.45) is 0. The van der Waals surface area contributed by atoms with Crippen LogP contribution in [-0.2, 0) is 16.1 Å². The number of benzene rings is 1. The van der Waals surface area contributed by atoms with Gasteiger partial charge in [0.05, 0.1) is 6.54 Å². The summed E-state index contributed by atoms with van der Waals surface area (Å²) in [5, 5.41) is 0. The minimum atomic E-state index is -0.617. The highest BCUT2D eigenvalue weighted by molar-refractivity contribution is 5.79. The van der Waals surface area contributed by atoms with Crippen molar-refractivity contribution in [1.29, 1.82) is 0 Å². The molecule has 0 N–H and O–H groups in total. The van der Waals surface area contributed by atoms with Gasteiger partial charge in [-0.15, -0.1) is 0 Å². The van der Waals surface area contributed by atoms with Gasteiger partial charge >= 0.3 is 0 Å². The van der Waals surface area contributed by atoms with Gasteiger partial charge in [0.2, 0.25) is 11.8 Å². The van der Waals surface area contributed by atoms with E-state index in [1.54, 1.807) is 21.7 Å². The fourth-order valence-electron chi connectivity index (χ4n) is 2.60. The topological polar surface area (TPSA) is 43.9 Å². The fraction of sp³-hybridized carbons (Fsp3) is 0.500. The van der Waals surface area contributed by atoms with E-state index in [9.17, 15) is 18.4 Å². The lowest BCUT2D eigenvalue weighted by atomic mass is 10.2. The van der Waals surface area contributed by atoms with Crippen molar-refractivity contribution in [3.8, 4) is 0 Å². The second-order valence-corrected chi connectivity index (χ2v) is 5.79. The van der Waals surface area contributed by atoms with E-state index in [0.29, 0.717) is 31.7 Å². The highest BCUT2D eigenvalue weighted by atomic mass is 19.1. The van der Waals surface area contributed by atoms with Crippen LogP contribution in [0.4, 0.5) is 8.78 Å². The molecule has 1 fully saturated rings. The summed E-state index contributed by atoms with van der Waals surface area (Å²) in [4.78, 5) is 28.6. The molecule has 0 radical (unpaired) electrons. The molecule has 1 aromatic carbocycles. The number of hydrogen-bond acceptors (Lipinski definition) is 3. The van der Waals surface area contributed by atoms with Gasteiger partial charge in [-0.2, -0.15) is 0 Å². The summed E-state index contributed by atoms with van der Waals surface area (Å²) in [7, 11) is 1.71. The predicted molar refractivity (Wildman–Crippen MR) is 81.5 cm³/mol. The van der Waals surface area contributed by atoms with Crippen molar-refractivity contribution in [2.24, 2.45) is 0 Å². The van der Waals surface area contributed by atoms with Crippen LogP contribution in [0.5, 0.6) is 0 Å². The maximum absolute atomic E-state index is 13.6. The average molecular weight is 325 g/mol. The van der Waals surface area contributed by atoms with Crippen molar-refractivity contribution < 1.29 is 18.4 Å². The number of amides is 2. The van der Waals surface area contributed by atoms with Crippen molar-refractivity contribution in [1.82, 2.24) is 14.7 Å². The van der Waals surface area contributed by atoms with Crippen LogP contribution in [-0.4, -0.2) is 66.3 Å². The highest BCUT2D eigenvalue weighted by Crippen LogP contribution is 2.12. The van der Waals surface area contributed by atoms with E-state index < -0.39 is 11.6 Å². The fourth-order valence-corrected chi connectivity index (χ4v) is 2.60. The summed E-state index contributed by atoms with van der Waals surface area (Å²) in [5.41, 5.74) is 0.350. The normalized spacial score (nSPS) is 15.2. The zero-order valence-corrected chi connectivity index (χ0v) is 13.4. The first-order valence-corrected chi connectivity index (χ1v) is 7.52. The van der Waals surface area contributed by atoms with Gasteiger partial charge in [0.25, 0.3) is 0 Å². The molecule has 1 saturated heterocycles. The van der Waals surface area contributed by atoms with Crippen LogP contribution in [0.3, 0.4) is 0 Å². The van der Waals surface area contributed by atoms with Crippen LogP contribution >= 0.6 is 0 Å². The standard InChI is InChI=1S/C16H21F2N3O2/c1-12(22)20-5-7-21(8-6-20)16(23)11-19(2)10-13-3-4-14(17)9-15(13)18/h3-4,9H,5-8,10-11H2,1-2H3. The lowest BCUT2D eigenvalue weighted by Crippen LogP contribution is -2.51. The van der Waals surface area contributed by atoms with Gasteiger partial charge in [0.15, 0.2) is 0 Å². The Morgan fingerprint density at radius 2 is 1.74 bits per heavy atom. The Morgan fingerprint density at radius 1 is 1.13 bits per heavy atom. The average Bonchev–Trinajstić information content (AvgIpc) is 2.50. The van der Waals surface area contributed by atoms with Crippen molar-refractivity contribution in [2.45, 2.75) is 13.5 Å². The molecule has 1 aliphatic heterocycles.